The van der Waals surface area contributed by atoms with Crippen LogP contribution < -0.4 is 14.8 Å². The minimum Gasteiger partial charge on any atom is -0.495 e. The van der Waals surface area contributed by atoms with Crippen molar-refractivity contribution in [2.24, 2.45) is 0 Å². The molecule has 0 fully saturated rings. The van der Waals surface area contributed by atoms with Crippen LogP contribution in [-0.2, 0) is 6.54 Å². The number of ether oxygens (including phenoxy) is 2. The molecular weight excluding hydrogens is 372 g/mol. The molecule has 0 spiro atoms. The largest absolute Gasteiger partial charge is 0.495 e. The third kappa shape index (κ3) is 5.22. The molecule has 0 aliphatic heterocycles. The Hall–Kier alpha value is -2.56. The predicted molar refractivity (Wildman–Crippen MR) is 106 cm³/mol. The number of hydrogen-bond donors (Lipinski definition) is 1. The lowest BCUT2D eigenvalue weighted by atomic mass is 10.2. The maximum absolute atomic E-state index is 8.93. The molecule has 1 heterocycles. The number of rotatable bonds is 7. The molecule has 0 saturated heterocycles. The number of nitrogens with one attached hydrogen (secondary N) is 1. The first-order chi connectivity index (χ1) is 12.6. The molecule has 0 aliphatic rings. The minimum absolute atomic E-state index is 0.355. The van der Waals surface area contributed by atoms with Gasteiger partial charge in [-0.3, -0.25) is 4.98 Å². The average molecular weight is 391 g/mol. The molecule has 1 aromatic carbocycles. The highest BCUT2D eigenvalue weighted by atomic mass is 35.5. The van der Waals surface area contributed by atoms with Crippen LogP contribution in [0.3, 0.4) is 0 Å². The van der Waals surface area contributed by atoms with Gasteiger partial charge in [0.2, 0.25) is 0 Å². The van der Waals surface area contributed by atoms with Gasteiger partial charge in [0.05, 0.1) is 37.4 Å². The van der Waals surface area contributed by atoms with Crippen molar-refractivity contribution in [3.63, 3.8) is 0 Å². The summed E-state index contributed by atoms with van der Waals surface area (Å²) in [6.07, 6.45) is 3.80. The van der Waals surface area contributed by atoms with E-state index in [1.807, 2.05) is 17.0 Å². The fraction of sp³-hybridized carbons (Fsp3) is 0.278. The minimum atomic E-state index is 0.355. The summed E-state index contributed by atoms with van der Waals surface area (Å²) in [6, 6.07) is 9.35. The van der Waals surface area contributed by atoms with Crippen molar-refractivity contribution < 1.29 is 9.47 Å². The van der Waals surface area contributed by atoms with Crippen LogP contribution in [0.1, 0.15) is 12.0 Å². The smallest absolute Gasteiger partial charge is 0.173 e. The zero-order valence-electron chi connectivity index (χ0n) is 14.5. The van der Waals surface area contributed by atoms with Crippen LogP contribution in [0.4, 0.5) is 5.69 Å². The van der Waals surface area contributed by atoms with Crippen LogP contribution in [-0.4, -0.2) is 35.8 Å². The number of benzene rings is 1. The summed E-state index contributed by atoms with van der Waals surface area (Å²) in [6.45, 7) is 1.06. The average Bonchev–Trinajstić information content (AvgIpc) is 2.66. The van der Waals surface area contributed by atoms with Gasteiger partial charge in [-0.05, 0) is 29.9 Å². The summed E-state index contributed by atoms with van der Waals surface area (Å²) < 4.78 is 10.6. The van der Waals surface area contributed by atoms with Gasteiger partial charge in [-0.1, -0.05) is 11.6 Å². The maximum Gasteiger partial charge on any atom is 0.173 e. The molecular formula is C18H19ClN4O2S. The lowest BCUT2D eigenvalue weighted by molar-refractivity contribution is 0.404. The predicted octanol–water partition coefficient (Wildman–Crippen LogP) is 3.86. The number of hydrogen-bond acceptors (Lipinski definition) is 5. The molecule has 0 unspecified atom stereocenters. The summed E-state index contributed by atoms with van der Waals surface area (Å²) in [5, 5.41) is 13.0. The topological polar surface area (TPSA) is 70.4 Å². The molecule has 136 valence electrons. The Morgan fingerprint density at radius 1 is 1.27 bits per heavy atom. The van der Waals surface area contributed by atoms with Gasteiger partial charge in [-0.15, -0.1) is 0 Å². The summed E-state index contributed by atoms with van der Waals surface area (Å²) in [7, 11) is 3.09. The zero-order valence-corrected chi connectivity index (χ0v) is 16.1. The van der Waals surface area contributed by atoms with E-state index < -0.39 is 0 Å². The van der Waals surface area contributed by atoms with Gasteiger partial charge in [-0.25, -0.2) is 0 Å². The van der Waals surface area contributed by atoms with Crippen molar-refractivity contribution in [1.82, 2.24) is 9.88 Å². The molecule has 26 heavy (non-hydrogen) atoms. The van der Waals surface area contributed by atoms with E-state index in [0.29, 0.717) is 46.8 Å². The Labute approximate surface area is 163 Å². The lowest BCUT2D eigenvalue weighted by Gasteiger charge is -2.26. The molecule has 2 aromatic rings. The summed E-state index contributed by atoms with van der Waals surface area (Å²) in [5.74, 6) is 1.05. The molecule has 0 radical (unpaired) electrons. The number of aromatic nitrogens is 1. The van der Waals surface area contributed by atoms with Crippen LogP contribution in [0.2, 0.25) is 5.02 Å². The molecule has 1 aromatic heterocycles. The highest BCUT2D eigenvalue weighted by Gasteiger charge is 2.15. The highest BCUT2D eigenvalue weighted by molar-refractivity contribution is 7.80. The van der Waals surface area contributed by atoms with Crippen molar-refractivity contribution in [2.45, 2.75) is 13.0 Å². The summed E-state index contributed by atoms with van der Waals surface area (Å²) in [5.41, 5.74) is 1.68. The SMILES string of the molecule is COc1cc(NC(=S)N(CCC#N)Cc2ccncc2)c(OC)cc1Cl. The quantitative estimate of drug-likeness (QED) is 0.719. The number of halogens is 1. The molecule has 2 rings (SSSR count). The van der Waals surface area contributed by atoms with Crippen molar-refractivity contribution in [2.75, 3.05) is 26.1 Å². The van der Waals surface area contributed by atoms with E-state index >= 15 is 0 Å². The van der Waals surface area contributed by atoms with E-state index in [-0.39, 0.29) is 0 Å². The summed E-state index contributed by atoms with van der Waals surface area (Å²) in [4.78, 5) is 5.93. The van der Waals surface area contributed by atoms with E-state index in [9.17, 15) is 0 Å². The van der Waals surface area contributed by atoms with E-state index in [0.717, 1.165) is 5.56 Å². The molecule has 0 atom stereocenters. The Bertz CT molecular complexity index is 796. The van der Waals surface area contributed by atoms with Crippen molar-refractivity contribution in [1.29, 1.82) is 5.26 Å². The first-order valence-electron chi connectivity index (χ1n) is 7.82. The zero-order chi connectivity index (χ0) is 18.9. The molecule has 6 nitrogen and oxygen atoms in total. The molecule has 0 aliphatic carbocycles. The fourth-order valence-corrected chi connectivity index (χ4v) is 2.79. The number of anilines is 1. The number of thiocarbonyl (C=S) groups is 1. The van der Waals surface area contributed by atoms with Crippen molar-refractivity contribution >= 4 is 34.6 Å². The normalized spacial score (nSPS) is 9.92. The molecule has 0 amide bonds. The van der Waals surface area contributed by atoms with Gasteiger partial charge in [0.1, 0.15) is 11.5 Å². The standard InChI is InChI=1S/C18H19ClN4O2S/c1-24-16-11-15(17(25-2)10-14(16)19)22-18(26)23(9-3-6-20)12-13-4-7-21-8-5-13/h4-5,7-8,10-11H,3,9,12H2,1-2H3,(H,22,26). The van der Waals surface area contributed by atoms with Crippen LogP contribution in [0.5, 0.6) is 11.5 Å². The maximum atomic E-state index is 8.93. The number of pyridine rings is 1. The molecule has 8 heteroatoms. The Morgan fingerprint density at radius 3 is 2.58 bits per heavy atom. The van der Waals surface area contributed by atoms with Crippen molar-refractivity contribution in [3.8, 4) is 17.6 Å². The van der Waals surface area contributed by atoms with E-state index in [2.05, 4.69) is 16.4 Å². The van der Waals surface area contributed by atoms with Crippen molar-refractivity contribution in [3.05, 3.63) is 47.2 Å². The van der Waals surface area contributed by atoms with Gasteiger partial charge in [0.25, 0.3) is 0 Å². The Kier molecular flexibility index (Phi) is 7.45. The fourth-order valence-electron chi connectivity index (χ4n) is 2.30. The molecule has 0 saturated carbocycles. The van der Waals surface area contributed by atoms with Gasteiger partial charge < -0.3 is 19.7 Å². The van der Waals surface area contributed by atoms with E-state index in [1.165, 1.54) is 0 Å². The Morgan fingerprint density at radius 2 is 1.96 bits per heavy atom. The lowest BCUT2D eigenvalue weighted by Crippen LogP contribution is -2.35. The van der Waals surface area contributed by atoms with Gasteiger partial charge in [-0.2, -0.15) is 5.26 Å². The monoisotopic (exact) mass is 390 g/mol. The van der Waals surface area contributed by atoms with Gasteiger partial charge in [0.15, 0.2) is 5.11 Å². The first kappa shape index (κ1) is 19.8. The van der Waals surface area contributed by atoms with Crippen LogP contribution in [0.15, 0.2) is 36.7 Å². The Balaban J connectivity index is 2.22. The first-order valence-corrected chi connectivity index (χ1v) is 8.61. The summed E-state index contributed by atoms with van der Waals surface area (Å²) >= 11 is 11.7. The van der Waals surface area contributed by atoms with E-state index in [1.54, 1.807) is 38.7 Å². The number of methoxy groups -OCH3 is 2. The van der Waals surface area contributed by atoms with Crippen LogP contribution in [0, 0.1) is 11.3 Å². The number of nitriles is 1. The third-order valence-corrected chi connectivity index (χ3v) is 4.27. The van der Waals surface area contributed by atoms with Gasteiger partial charge >= 0.3 is 0 Å². The highest BCUT2D eigenvalue weighted by Crippen LogP contribution is 2.36. The molecule has 1 N–H and O–H groups in total. The van der Waals surface area contributed by atoms with E-state index in [4.69, 9.17) is 38.6 Å². The number of nitrogens with zero attached hydrogens (tertiary/aromatic N) is 3. The second-order valence-corrected chi connectivity index (χ2v) is 6.10. The second-order valence-electron chi connectivity index (χ2n) is 5.30. The van der Waals surface area contributed by atoms with Gasteiger partial charge in [0, 0.05) is 37.6 Å². The van der Waals surface area contributed by atoms with Crippen LogP contribution in [0.25, 0.3) is 0 Å². The van der Waals surface area contributed by atoms with Crippen LogP contribution >= 0.6 is 23.8 Å². The third-order valence-electron chi connectivity index (χ3n) is 3.62. The molecule has 0 bridgehead atoms. The second kappa shape index (κ2) is 9.80.